The summed E-state index contributed by atoms with van der Waals surface area (Å²) in [4.78, 5) is 13.4. The van der Waals surface area contributed by atoms with E-state index in [1.807, 2.05) is 23.8 Å². The van der Waals surface area contributed by atoms with Gasteiger partial charge in [0.25, 0.3) is 0 Å². The average Bonchev–Trinajstić information content (AvgIpc) is 3.34. The molecule has 1 aliphatic rings. The third-order valence-electron chi connectivity index (χ3n) is 4.07. The summed E-state index contributed by atoms with van der Waals surface area (Å²) >= 11 is 5.03. The molecular formula is C17H18N4S3. The minimum absolute atomic E-state index is 0.531. The number of fused-ring (bicyclic) bond motifs is 1. The van der Waals surface area contributed by atoms with Crippen molar-refractivity contribution in [2.24, 2.45) is 0 Å². The van der Waals surface area contributed by atoms with Crippen LogP contribution >= 0.6 is 34.9 Å². The standard InChI is InChI=1S/C17H18N4S3/c1-22-16-7-15(18)20-17(21-16)23-5-4-11-6-12-13(10-2-3-10)9-24-14(12)8-19-11/h6-10H,2-5H2,1H3,(H2,18,20,21). The summed E-state index contributed by atoms with van der Waals surface area (Å²) in [6, 6.07) is 4.08. The molecule has 1 saturated carbocycles. The third kappa shape index (κ3) is 3.53. The number of thiophene rings is 1. The quantitative estimate of drug-likeness (QED) is 0.386. The molecule has 0 unspecified atom stereocenters. The maximum Gasteiger partial charge on any atom is 0.190 e. The number of nitrogen functional groups attached to an aromatic ring is 1. The molecule has 0 saturated heterocycles. The molecule has 0 amide bonds. The molecule has 0 radical (unpaired) electrons. The molecule has 0 atom stereocenters. The summed E-state index contributed by atoms with van der Waals surface area (Å²) in [7, 11) is 0. The second-order valence-electron chi connectivity index (χ2n) is 5.85. The first kappa shape index (κ1) is 16.2. The van der Waals surface area contributed by atoms with Crippen molar-refractivity contribution in [1.29, 1.82) is 0 Å². The van der Waals surface area contributed by atoms with Crippen LogP contribution in [0.3, 0.4) is 0 Å². The van der Waals surface area contributed by atoms with E-state index in [0.717, 1.165) is 34.0 Å². The van der Waals surface area contributed by atoms with E-state index < -0.39 is 0 Å². The summed E-state index contributed by atoms with van der Waals surface area (Å²) < 4.78 is 1.30. The lowest BCUT2D eigenvalue weighted by atomic mass is 10.1. The summed E-state index contributed by atoms with van der Waals surface area (Å²) in [5.41, 5.74) is 8.50. The monoisotopic (exact) mass is 374 g/mol. The van der Waals surface area contributed by atoms with E-state index >= 15 is 0 Å². The van der Waals surface area contributed by atoms with Gasteiger partial charge < -0.3 is 5.73 Å². The number of thioether (sulfide) groups is 2. The number of nitrogens with two attached hydrogens (primary N) is 1. The van der Waals surface area contributed by atoms with Crippen molar-refractivity contribution >= 4 is 50.8 Å². The summed E-state index contributed by atoms with van der Waals surface area (Å²) in [6.07, 6.45) is 7.60. The highest BCUT2D eigenvalue weighted by molar-refractivity contribution is 7.99. The van der Waals surface area contributed by atoms with Crippen LogP contribution in [0, 0.1) is 0 Å². The Kier molecular flexibility index (Phi) is 4.65. The van der Waals surface area contributed by atoms with Crippen LogP contribution in [0.2, 0.25) is 0 Å². The maximum absolute atomic E-state index is 5.83. The number of aryl methyl sites for hydroxylation is 1. The molecule has 4 rings (SSSR count). The number of nitrogens with zero attached hydrogens (tertiary/aromatic N) is 3. The summed E-state index contributed by atoms with van der Waals surface area (Å²) in [6.45, 7) is 0. The minimum atomic E-state index is 0.531. The van der Waals surface area contributed by atoms with Gasteiger partial charge in [-0.15, -0.1) is 23.1 Å². The topological polar surface area (TPSA) is 64.7 Å². The van der Waals surface area contributed by atoms with E-state index in [9.17, 15) is 0 Å². The zero-order valence-electron chi connectivity index (χ0n) is 13.4. The Balaban J connectivity index is 1.45. The van der Waals surface area contributed by atoms with Crippen LogP contribution in [0.4, 0.5) is 5.82 Å². The Bertz CT molecular complexity index is 873. The Labute approximate surface area is 153 Å². The van der Waals surface area contributed by atoms with Gasteiger partial charge in [-0.25, -0.2) is 9.97 Å². The molecule has 0 bridgehead atoms. The zero-order chi connectivity index (χ0) is 16.5. The Morgan fingerprint density at radius 3 is 2.96 bits per heavy atom. The number of rotatable bonds is 6. The normalized spacial score (nSPS) is 14.4. The van der Waals surface area contributed by atoms with Crippen LogP contribution in [-0.4, -0.2) is 27.0 Å². The highest BCUT2D eigenvalue weighted by Gasteiger charge is 2.26. The zero-order valence-corrected chi connectivity index (χ0v) is 15.8. The van der Waals surface area contributed by atoms with Crippen LogP contribution in [0.25, 0.3) is 10.1 Å². The van der Waals surface area contributed by atoms with Crippen molar-refractivity contribution in [3.8, 4) is 0 Å². The van der Waals surface area contributed by atoms with E-state index in [-0.39, 0.29) is 0 Å². The molecule has 0 spiro atoms. The molecule has 124 valence electrons. The van der Waals surface area contributed by atoms with Crippen molar-refractivity contribution in [1.82, 2.24) is 15.0 Å². The molecule has 24 heavy (non-hydrogen) atoms. The summed E-state index contributed by atoms with van der Waals surface area (Å²) in [5, 5.41) is 5.38. The fraction of sp³-hybridized carbons (Fsp3) is 0.353. The van der Waals surface area contributed by atoms with Gasteiger partial charge in [-0.1, -0.05) is 11.8 Å². The molecule has 7 heteroatoms. The van der Waals surface area contributed by atoms with Gasteiger partial charge in [0.15, 0.2) is 5.16 Å². The van der Waals surface area contributed by atoms with Crippen molar-refractivity contribution in [3.05, 3.63) is 35.0 Å². The second-order valence-corrected chi connectivity index (χ2v) is 8.65. The third-order valence-corrected chi connectivity index (χ3v) is 6.49. The molecule has 1 aliphatic carbocycles. The maximum atomic E-state index is 5.83. The van der Waals surface area contributed by atoms with Gasteiger partial charge in [0.1, 0.15) is 10.8 Å². The van der Waals surface area contributed by atoms with Gasteiger partial charge in [0.2, 0.25) is 0 Å². The highest BCUT2D eigenvalue weighted by atomic mass is 32.2. The van der Waals surface area contributed by atoms with Crippen molar-refractivity contribution in [3.63, 3.8) is 0 Å². The van der Waals surface area contributed by atoms with Crippen molar-refractivity contribution < 1.29 is 0 Å². The number of pyridine rings is 1. The van der Waals surface area contributed by atoms with Gasteiger partial charge in [-0.2, -0.15) is 0 Å². The second kappa shape index (κ2) is 6.90. The fourth-order valence-electron chi connectivity index (χ4n) is 2.68. The van der Waals surface area contributed by atoms with E-state index in [4.69, 9.17) is 5.73 Å². The molecule has 0 aromatic carbocycles. The molecule has 0 aliphatic heterocycles. The van der Waals surface area contributed by atoms with Crippen LogP contribution in [-0.2, 0) is 6.42 Å². The predicted octanol–water partition coefficient (Wildman–Crippen LogP) is 4.60. The number of hydrogen-bond acceptors (Lipinski definition) is 7. The molecule has 1 fully saturated rings. The summed E-state index contributed by atoms with van der Waals surface area (Å²) in [5.74, 6) is 2.22. The first-order chi connectivity index (χ1) is 11.7. The van der Waals surface area contributed by atoms with Crippen molar-refractivity contribution in [2.45, 2.75) is 35.4 Å². The molecule has 3 aromatic heterocycles. The van der Waals surface area contributed by atoms with Crippen LogP contribution in [0.15, 0.2) is 33.9 Å². The lowest BCUT2D eigenvalue weighted by molar-refractivity contribution is 0.898. The first-order valence-corrected chi connectivity index (χ1v) is 11.0. The Morgan fingerprint density at radius 2 is 2.17 bits per heavy atom. The fourth-order valence-corrected chi connectivity index (χ4v) is 4.97. The van der Waals surface area contributed by atoms with Gasteiger partial charge in [0.05, 0.1) is 4.70 Å². The van der Waals surface area contributed by atoms with E-state index in [2.05, 4.69) is 26.4 Å². The van der Waals surface area contributed by atoms with Crippen LogP contribution in [0.5, 0.6) is 0 Å². The predicted molar refractivity (Wildman–Crippen MR) is 104 cm³/mol. The lowest BCUT2D eigenvalue weighted by Crippen LogP contribution is -1.98. The highest BCUT2D eigenvalue weighted by Crippen LogP contribution is 2.45. The van der Waals surface area contributed by atoms with E-state index in [1.165, 1.54) is 28.5 Å². The van der Waals surface area contributed by atoms with Gasteiger partial charge in [0, 0.05) is 23.7 Å². The number of anilines is 1. The number of hydrogen-bond donors (Lipinski definition) is 1. The van der Waals surface area contributed by atoms with E-state index in [0.29, 0.717) is 5.82 Å². The van der Waals surface area contributed by atoms with Gasteiger partial charge >= 0.3 is 0 Å². The molecular weight excluding hydrogens is 356 g/mol. The molecule has 2 N–H and O–H groups in total. The molecule has 3 heterocycles. The Morgan fingerprint density at radius 1 is 1.29 bits per heavy atom. The average molecular weight is 375 g/mol. The van der Waals surface area contributed by atoms with Crippen LogP contribution in [0.1, 0.15) is 30.0 Å². The lowest BCUT2D eigenvalue weighted by Gasteiger charge is -2.04. The largest absolute Gasteiger partial charge is 0.384 e. The Hall–Kier alpha value is -1.31. The van der Waals surface area contributed by atoms with Gasteiger partial charge in [-0.05, 0) is 53.8 Å². The van der Waals surface area contributed by atoms with E-state index in [1.54, 1.807) is 29.6 Å². The van der Waals surface area contributed by atoms with Crippen LogP contribution < -0.4 is 5.73 Å². The smallest absolute Gasteiger partial charge is 0.190 e. The number of aromatic nitrogens is 3. The van der Waals surface area contributed by atoms with Crippen molar-refractivity contribution in [2.75, 3.05) is 17.7 Å². The molecule has 3 aromatic rings. The SMILES string of the molecule is CSc1cc(N)nc(SCCc2cc3c(C4CC4)csc3cn2)n1. The van der Waals surface area contributed by atoms with Gasteiger partial charge in [-0.3, -0.25) is 4.98 Å². The minimum Gasteiger partial charge on any atom is -0.384 e. The molecule has 4 nitrogen and oxygen atoms in total. The first-order valence-electron chi connectivity index (χ1n) is 7.90.